The summed E-state index contributed by atoms with van der Waals surface area (Å²) in [7, 11) is 0. The van der Waals surface area contributed by atoms with Gasteiger partial charge in [0.2, 0.25) is 0 Å². The molecule has 2 N–H and O–H groups in total. The third kappa shape index (κ3) is 8.26. The van der Waals surface area contributed by atoms with Gasteiger partial charge in [0.25, 0.3) is 0 Å². The molecule has 6 nitrogen and oxygen atoms in total. The second-order valence-corrected chi connectivity index (χ2v) is 4.89. The molecule has 0 aliphatic carbocycles. The number of carbonyl (C=O) groups is 2. The fourth-order valence-electron chi connectivity index (χ4n) is 1.75. The lowest BCUT2D eigenvalue weighted by atomic mass is 10.2. The molecule has 0 bridgehead atoms. The first kappa shape index (κ1) is 18.0. The maximum absolute atomic E-state index is 11.6. The summed E-state index contributed by atoms with van der Waals surface area (Å²) in [5.41, 5.74) is 0.888. The molecule has 22 heavy (non-hydrogen) atoms. The molecule has 122 valence electrons. The van der Waals surface area contributed by atoms with E-state index in [1.807, 2.05) is 37.3 Å². The van der Waals surface area contributed by atoms with Crippen molar-refractivity contribution in [1.82, 2.24) is 5.32 Å². The number of benzene rings is 1. The molecule has 6 heteroatoms. The van der Waals surface area contributed by atoms with Gasteiger partial charge in [0, 0.05) is 13.2 Å². The Kier molecular flexibility index (Phi) is 8.67. The van der Waals surface area contributed by atoms with Crippen LogP contribution in [0, 0.1) is 0 Å². The standard InChI is InChI=1S/C16H23NO5/c1-2-3-9-21-14(10-15(18)19)11-17-16(20)22-12-13-7-5-4-6-8-13/h4-8,14H,2-3,9-12H2,1H3,(H,17,20)(H,18,19)/t14-/m1/s1. The Hall–Kier alpha value is -2.08. The third-order valence-corrected chi connectivity index (χ3v) is 2.94. The van der Waals surface area contributed by atoms with Crippen LogP contribution in [0.2, 0.25) is 0 Å². The van der Waals surface area contributed by atoms with Crippen molar-refractivity contribution in [2.24, 2.45) is 0 Å². The van der Waals surface area contributed by atoms with Crippen molar-refractivity contribution in [2.45, 2.75) is 38.9 Å². The molecule has 1 atom stereocenters. The summed E-state index contributed by atoms with van der Waals surface area (Å²) in [6, 6.07) is 9.32. The molecule has 1 aromatic rings. The van der Waals surface area contributed by atoms with E-state index < -0.39 is 18.2 Å². The van der Waals surface area contributed by atoms with Crippen molar-refractivity contribution in [3.63, 3.8) is 0 Å². The second-order valence-electron chi connectivity index (χ2n) is 4.89. The quantitative estimate of drug-likeness (QED) is 0.649. The number of ether oxygens (including phenoxy) is 2. The van der Waals surface area contributed by atoms with E-state index in [1.165, 1.54) is 0 Å². The number of nitrogens with one attached hydrogen (secondary N) is 1. The van der Waals surface area contributed by atoms with Gasteiger partial charge in [-0.15, -0.1) is 0 Å². The number of rotatable bonds is 10. The highest BCUT2D eigenvalue weighted by Crippen LogP contribution is 2.02. The molecule has 0 aromatic heterocycles. The monoisotopic (exact) mass is 309 g/mol. The van der Waals surface area contributed by atoms with Crippen LogP contribution in [0.5, 0.6) is 0 Å². The van der Waals surface area contributed by atoms with Crippen molar-refractivity contribution >= 4 is 12.1 Å². The van der Waals surface area contributed by atoms with Gasteiger partial charge in [-0.05, 0) is 12.0 Å². The minimum absolute atomic E-state index is 0.115. The van der Waals surface area contributed by atoms with Crippen LogP contribution in [0.3, 0.4) is 0 Å². The Morgan fingerprint density at radius 2 is 2.00 bits per heavy atom. The van der Waals surface area contributed by atoms with Crippen molar-refractivity contribution < 1.29 is 24.2 Å². The molecule has 0 saturated carbocycles. The highest BCUT2D eigenvalue weighted by molar-refractivity contribution is 5.68. The number of carboxylic acids is 1. The predicted octanol–water partition coefficient (Wildman–Crippen LogP) is 2.57. The Bertz CT molecular complexity index is 449. The number of amides is 1. The smallest absolute Gasteiger partial charge is 0.407 e. The summed E-state index contributed by atoms with van der Waals surface area (Å²) in [5, 5.41) is 11.4. The van der Waals surface area contributed by atoms with E-state index in [0.29, 0.717) is 6.61 Å². The maximum atomic E-state index is 11.6. The zero-order valence-corrected chi connectivity index (χ0v) is 12.8. The molecule has 0 radical (unpaired) electrons. The van der Waals surface area contributed by atoms with Gasteiger partial charge in [-0.3, -0.25) is 4.79 Å². The van der Waals surface area contributed by atoms with E-state index in [4.69, 9.17) is 14.6 Å². The summed E-state index contributed by atoms with van der Waals surface area (Å²) in [6.45, 7) is 2.79. The molecule has 1 rings (SSSR count). The van der Waals surface area contributed by atoms with Crippen LogP contribution < -0.4 is 5.32 Å². The molecule has 0 spiro atoms. The number of aliphatic carboxylic acids is 1. The number of carbonyl (C=O) groups excluding carboxylic acids is 1. The zero-order valence-electron chi connectivity index (χ0n) is 12.8. The van der Waals surface area contributed by atoms with Crippen LogP contribution in [0.25, 0.3) is 0 Å². The molecule has 0 saturated heterocycles. The average Bonchev–Trinajstić information content (AvgIpc) is 2.51. The summed E-state index contributed by atoms with van der Waals surface area (Å²) in [4.78, 5) is 22.4. The maximum Gasteiger partial charge on any atom is 0.407 e. The van der Waals surface area contributed by atoms with Crippen LogP contribution in [0.4, 0.5) is 4.79 Å². The van der Waals surface area contributed by atoms with E-state index in [2.05, 4.69) is 5.32 Å². The fraction of sp³-hybridized carbons (Fsp3) is 0.500. The van der Waals surface area contributed by atoms with Gasteiger partial charge >= 0.3 is 12.1 Å². The molecular weight excluding hydrogens is 286 g/mol. The molecule has 1 aromatic carbocycles. The Morgan fingerprint density at radius 1 is 1.27 bits per heavy atom. The van der Waals surface area contributed by atoms with Crippen LogP contribution in [0.1, 0.15) is 31.7 Å². The van der Waals surface area contributed by atoms with E-state index in [1.54, 1.807) is 0 Å². The van der Waals surface area contributed by atoms with Crippen LogP contribution in [0.15, 0.2) is 30.3 Å². The van der Waals surface area contributed by atoms with E-state index >= 15 is 0 Å². The van der Waals surface area contributed by atoms with Gasteiger partial charge < -0.3 is 19.9 Å². The minimum atomic E-state index is -0.957. The van der Waals surface area contributed by atoms with E-state index in [-0.39, 0.29) is 19.6 Å². The number of alkyl carbamates (subject to hydrolysis) is 1. The number of unbranched alkanes of at least 4 members (excludes halogenated alkanes) is 1. The average molecular weight is 309 g/mol. The first-order valence-electron chi connectivity index (χ1n) is 7.39. The summed E-state index contributed by atoms with van der Waals surface area (Å²) in [5.74, 6) is -0.957. The Morgan fingerprint density at radius 3 is 2.64 bits per heavy atom. The largest absolute Gasteiger partial charge is 0.481 e. The van der Waals surface area contributed by atoms with Crippen molar-refractivity contribution in [3.05, 3.63) is 35.9 Å². The molecule has 0 unspecified atom stereocenters. The molecule has 0 heterocycles. The first-order chi connectivity index (χ1) is 10.6. The predicted molar refractivity (Wildman–Crippen MR) is 81.5 cm³/mol. The first-order valence-corrected chi connectivity index (χ1v) is 7.39. The van der Waals surface area contributed by atoms with E-state index in [0.717, 1.165) is 18.4 Å². The molecule has 0 fully saturated rings. The summed E-state index contributed by atoms with van der Waals surface area (Å²) >= 11 is 0. The third-order valence-electron chi connectivity index (χ3n) is 2.94. The molecule has 1 amide bonds. The lowest BCUT2D eigenvalue weighted by Gasteiger charge is -2.16. The lowest BCUT2D eigenvalue weighted by Crippen LogP contribution is -2.35. The van der Waals surface area contributed by atoms with Gasteiger partial charge in [-0.1, -0.05) is 43.7 Å². The van der Waals surface area contributed by atoms with Gasteiger partial charge in [-0.2, -0.15) is 0 Å². The number of hydrogen-bond donors (Lipinski definition) is 2. The van der Waals surface area contributed by atoms with Crippen LogP contribution in [-0.2, 0) is 20.9 Å². The molecular formula is C16H23NO5. The summed E-state index contributed by atoms with van der Waals surface area (Å²) in [6.07, 6.45) is 0.538. The van der Waals surface area contributed by atoms with Gasteiger partial charge in [0.1, 0.15) is 6.61 Å². The van der Waals surface area contributed by atoms with Crippen molar-refractivity contribution in [3.8, 4) is 0 Å². The van der Waals surface area contributed by atoms with Crippen LogP contribution in [-0.4, -0.2) is 36.4 Å². The van der Waals surface area contributed by atoms with E-state index in [9.17, 15) is 9.59 Å². The molecule has 0 aliphatic heterocycles. The Labute approximate surface area is 130 Å². The van der Waals surface area contributed by atoms with Crippen molar-refractivity contribution in [1.29, 1.82) is 0 Å². The minimum Gasteiger partial charge on any atom is -0.481 e. The zero-order chi connectivity index (χ0) is 16.2. The number of carboxylic acid groups (broad SMARTS) is 1. The van der Waals surface area contributed by atoms with Gasteiger partial charge in [0.15, 0.2) is 0 Å². The van der Waals surface area contributed by atoms with Crippen molar-refractivity contribution in [2.75, 3.05) is 13.2 Å². The lowest BCUT2D eigenvalue weighted by molar-refractivity contribution is -0.140. The highest BCUT2D eigenvalue weighted by Gasteiger charge is 2.15. The van der Waals surface area contributed by atoms with Gasteiger partial charge in [0.05, 0.1) is 12.5 Å². The topological polar surface area (TPSA) is 84.9 Å². The normalized spacial score (nSPS) is 11.7. The number of hydrogen-bond acceptors (Lipinski definition) is 4. The second kappa shape index (κ2) is 10.6. The highest BCUT2D eigenvalue weighted by atomic mass is 16.5. The Balaban J connectivity index is 2.29. The SMILES string of the molecule is CCCCO[C@@H](CNC(=O)OCc1ccccc1)CC(=O)O. The van der Waals surface area contributed by atoms with Gasteiger partial charge in [-0.25, -0.2) is 4.79 Å². The van der Waals surface area contributed by atoms with Crippen LogP contribution >= 0.6 is 0 Å². The molecule has 0 aliphatic rings. The summed E-state index contributed by atoms with van der Waals surface area (Å²) < 4.78 is 10.5. The fourth-order valence-corrected chi connectivity index (χ4v) is 1.75.